The van der Waals surface area contributed by atoms with Gasteiger partial charge in [0.25, 0.3) is 0 Å². The Balaban J connectivity index is 2.61. The van der Waals surface area contributed by atoms with Crippen LogP contribution >= 0.6 is 0 Å². The molecule has 0 aliphatic heterocycles. The van der Waals surface area contributed by atoms with Crippen molar-refractivity contribution in [1.29, 1.82) is 0 Å². The van der Waals surface area contributed by atoms with Crippen molar-refractivity contribution < 1.29 is 4.79 Å². The first kappa shape index (κ1) is 17.5. The number of nitrogens with zero attached hydrogens (tertiary/aromatic N) is 1. The van der Waals surface area contributed by atoms with Gasteiger partial charge in [0, 0.05) is 11.7 Å². The highest BCUT2D eigenvalue weighted by Crippen LogP contribution is 2.22. The third-order valence-electron chi connectivity index (χ3n) is 3.59. The van der Waals surface area contributed by atoms with Gasteiger partial charge in [-0.15, -0.1) is 0 Å². The summed E-state index contributed by atoms with van der Waals surface area (Å²) < 4.78 is 0. The molecule has 0 bridgehead atoms. The van der Waals surface area contributed by atoms with Crippen LogP contribution in [-0.2, 0) is 11.2 Å². The molecule has 0 aromatic heterocycles. The Labute approximate surface area is 128 Å². The van der Waals surface area contributed by atoms with Crippen LogP contribution in [0.4, 0.5) is 5.69 Å². The van der Waals surface area contributed by atoms with Gasteiger partial charge in [0.15, 0.2) is 0 Å². The first-order chi connectivity index (χ1) is 9.68. The number of carbonyl (C=O) groups excluding carboxylic acids is 1. The van der Waals surface area contributed by atoms with E-state index in [4.69, 9.17) is 5.73 Å². The molecule has 0 aliphatic carbocycles. The number of benzene rings is 1. The van der Waals surface area contributed by atoms with E-state index in [0.717, 1.165) is 24.2 Å². The Kier molecular flexibility index (Phi) is 6.21. The highest BCUT2D eigenvalue weighted by Gasteiger charge is 2.25. The van der Waals surface area contributed by atoms with Gasteiger partial charge >= 0.3 is 0 Å². The van der Waals surface area contributed by atoms with Crippen LogP contribution < -0.4 is 11.1 Å². The van der Waals surface area contributed by atoms with Crippen molar-refractivity contribution >= 4 is 11.6 Å². The Morgan fingerprint density at radius 2 is 1.81 bits per heavy atom. The molecule has 0 radical (unpaired) electrons. The van der Waals surface area contributed by atoms with Gasteiger partial charge in [0.2, 0.25) is 5.91 Å². The zero-order valence-electron chi connectivity index (χ0n) is 13.9. The van der Waals surface area contributed by atoms with E-state index >= 15 is 0 Å². The molecule has 1 rings (SSSR count). The number of nitrogens with two attached hydrogens (primary N) is 1. The first-order valence-corrected chi connectivity index (χ1v) is 7.47. The molecule has 1 aromatic carbocycles. The van der Waals surface area contributed by atoms with Gasteiger partial charge in [-0.1, -0.05) is 32.9 Å². The Hall–Kier alpha value is -1.55. The number of rotatable bonds is 6. The van der Waals surface area contributed by atoms with Crippen molar-refractivity contribution in [3.05, 3.63) is 29.8 Å². The molecule has 0 heterocycles. The zero-order valence-corrected chi connectivity index (χ0v) is 13.9. The van der Waals surface area contributed by atoms with Crippen molar-refractivity contribution in [3.8, 4) is 0 Å². The molecule has 3 N–H and O–H groups in total. The van der Waals surface area contributed by atoms with E-state index < -0.39 is 0 Å². The minimum Gasteiger partial charge on any atom is -0.399 e. The van der Waals surface area contributed by atoms with E-state index in [1.165, 1.54) is 0 Å². The van der Waals surface area contributed by atoms with Crippen LogP contribution in [0.1, 0.15) is 32.8 Å². The number of nitrogen functional groups attached to an aromatic ring is 1. The van der Waals surface area contributed by atoms with Crippen LogP contribution in [0.3, 0.4) is 0 Å². The van der Waals surface area contributed by atoms with Gasteiger partial charge in [0.05, 0.1) is 6.42 Å². The number of nitrogens with one attached hydrogen (secondary N) is 1. The summed E-state index contributed by atoms with van der Waals surface area (Å²) in [6.07, 6.45) is 1.35. The standard InChI is InChI=1S/C17H29N3O/c1-17(2,3)15(10-11-20(4)5)19-16(21)12-13-6-8-14(18)9-7-13/h6-9,15H,10-12,18H2,1-5H3,(H,19,21). The van der Waals surface area contributed by atoms with Crippen LogP contribution in [0.25, 0.3) is 0 Å². The fourth-order valence-electron chi connectivity index (χ4n) is 2.18. The predicted octanol–water partition coefficient (Wildman–Crippen LogP) is 2.29. The molecular weight excluding hydrogens is 262 g/mol. The lowest BCUT2D eigenvalue weighted by atomic mass is 9.84. The summed E-state index contributed by atoms with van der Waals surface area (Å²) in [5, 5.41) is 3.18. The lowest BCUT2D eigenvalue weighted by Crippen LogP contribution is -2.45. The van der Waals surface area contributed by atoms with E-state index in [9.17, 15) is 4.79 Å². The average Bonchev–Trinajstić information content (AvgIpc) is 2.35. The molecule has 4 nitrogen and oxygen atoms in total. The SMILES string of the molecule is CN(C)CCC(NC(=O)Cc1ccc(N)cc1)C(C)(C)C. The van der Waals surface area contributed by atoms with Gasteiger partial charge in [0.1, 0.15) is 0 Å². The summed E-state index contributed by atoms with van der Waals surface area (Å²) in [5.74, 6) is 0.0680. The second kappa shape index (κ2) is 7.46. The maximum absolute atomic E-state index is 12.2. The van der Waals surface area contributed by atoms with Gasteiger partial charge < -0.3 is 16.0 Å². The number of amides is 1. The number of carbonyl (C=O) groups is 1. The second-order valence-electron chi connectivity index (χ2n) is 7.00. The van der Waals surface area contributed by atoms with Crippen molar-refractivity contribution in [2.75, 3.05) is 26.4 Å². The molecule has 118 valence electrons. The van der Waals surface area contributed by atoms with Crippen molar-refractivity contribution in [2.24, 2.45) is 5.41 Å². The average molecular weight is 291 g/mol. The Morgan fingerprint density at radius 3 is 2.29 bits per heavy atom. The van der Waals surface area contributed by atoms with Crippen LogP contribution in [0.15, 0.2) is 24.3 Å². The predicted molar refractivity (Wildman–Crippen MR) is 89.1 cm³/mol. The first-order valence-electron chi connectivity index (χ1n) is 7.47. The molecular formula is C17H29N3O. The number of hydrogen-bond donors (Lipinski definition) is 2. The van der Waals surface area contributed by atoms with E-state index in [1.54, 1.807) is 0 Å². The van der Waals surface area contributed by atoms with Crippen LogP contribution in [-0.4, -0.2) is 37.5 Å². The smallest absolute Gasteiger partial charge is 0.224 e. The molecule has 1 aromatic rings. The largest absolute Gasteiger partial charge is 0.399 e. The van der Waals surface area contributed by atoms with Crippen molar-refractivity contribution in [3.63, 3.8) is 0 Å². The van der Waals surface area contributed by atoms with Gasteiger partial charge in [-0.2, -0.15) is 0 Å². The number of anilines is 1. The fourth-order valence-corrected chi connectivity index (χ4v) is 2.18. The maximum atomic E-state index is 12.2. The summed E-state index contributed by atoms with van der Waals surface area (Å²) in [7, 11) is 4.10. The third kappa shape index (κ3) is 6.63. The highest BCUT2D eigenvalue weighted by molar-refractivity contribution is 5.79. The Morgan fingerprint density at radius 1 is 1.24 bits per heavy atom. The fraction of sp³-hybridized carbons (Fsp3) is 0.588. The van der Waals surface area contributed by atoms with Crippen molar-refractivity contribution in [2.45, 2.75) is 39.7 Å². The van der Waals surface area contributed by atoms with Crippen LogP contribution in [0.2, 0.25) is 0 Å². The molecule has 4 heteroatoms. The lowest BCUT2D eigenvalue weighted by Gasteiger charge is -2.32. The van der Waals surface area contributed by atoms with E-state index in [-0.39, 0.29) is 17.4 Å². The van der Waals surface area contributed by atoms with E-state index in [2.05, 4.69) is 45.1 Å². The summed E-state index contributed by atoms with van der Waals surface area (Å²) in [6, 6.07) is 7.63. The Bertz CT molecular complexity index is 446. The minimum atomic E-state index is 0.0484. The maximum Gasteiger partial charge on any atom is 0.224 e. The molecule has 0 saturated carbocycles. The molecule has 0 saturated heterocycles. The molecule has 1 unspecified atom stereocenters. The highest BCUT2D eigenvalue weighted by atomic mass is 16.1. The van der Waals surface area contributed by atoms with Crippen LogP contribution in [0.5, 0.6) is 0 Å². The van der Waals surface area contributed by atoms with E-state index in [0.29, 0.717) is 6.42 Å². The van der Waals surface area contributed by atoms with Crippen molar-refractivity contribution in [1.82, 2.24) is 10.2 Å². The van der Waals surface area contributed by atoms with E-state index in [1.807, 2.05) is 24.3 Å². The third-order valence-corrected chi connectivity index (χ3v) is 3.59. The molecule has 0 spiro atoms. The monoisotopic (exact) mass is 291 g/mol. The topological polar surface area (TPSA) is 58.4 Å². The molecule has 21 heavy (non-hydrogen) atoms. The van der Waals surface area contributed by atoms with Gasteiger partial charge in [-0.05, 0) is 50.2 Å². The molecule has 1 amide bonds. The summed E-state index contributed by atoms with van der Waals surface area (Å²) in [6.45, 7) is 7.45. The second-order valence-corrected chi connectivity index (χ2v) is 7.00. The summed E-state index contributed by atoms with van der Waals surface area (Å²) in [5.41, 5.74) is 7.41. The zero-order chi connectivity index (χ0) is 16.0. The molecule has 1 atom stereocenters. The summed E-state index contributed by atoms with van der Waals surface area (Å²) >= 11 is 0. The minimum absolute atomic E-state index is 0.0484. The molecule has 0 fully saturated rings. The number of hydrogen-bond acceptors (Lipinski definition) is 3. The normalized spacial score (nSPS) is 13.2. The quantitative estimate of drug-likeness (QED) is 0.791. The molecule has 0 aliphatic rings. The van der Waals surface area contributed by atoms with Gasteiger partial charge in [-0.25, -0.2) is 0 Å². The van der Waals surface area contributed by atoms with Crippen LogP contribution in [0, 0.1) is 5.41 Å². The van der Waals surface area contributed by atoms with Gasteiger partial charge in [-0.3, -0.25) is 4.79 Å². The lowest BCUT2D eigenvalue weighted by molar-refractivity contribution is -0.122. The summed E-state index contributed by atoms with van der Waals surface area (Å²) in [4.78, 5) is 14.4.